The number of rotatable bonds is 5. The second-order valence-electron chi connectivity index (χ2n) is 7.81. The number of ether oxygens (including phenoxy) is 1. The Bertz CT molecular complexity index is 1610. The van der Waals surface area contributed by atoms with Crippen molar-refractivity contribution < 1.29 is 13.2 Å². The number of fused-ring (bicyclic) bond motifs is 3. The Morgan fingerprint density at radius 3 is 2.45 bits per heavy atom. The van der Waals surface area contributed by atoms with Gasteiger partial charge in [0.2, 0.25) is 5.65 Å². The molecule has 166 valence electrons. The van der Waals surface area contributed by atoms with E-state index >= 15 is 0 Å². The predicted octanol–water partition coefficient (Wildman–Crippen LogP) is 4.80. The predicted molar refractivity (Wildman–Crippen MR) is 126 cm³/mol. The van der Waals surface area contributed by atoms with E-state index in [1.807, 2.05) is 48.6 Å². The minimum absolute atomic E-state index is 0.257. The molecule has 5 rings (SSSR count). The Morgan fingerprint density at radius 1 is 0.909 bits per heavy atom. The molecule has 0 fully saturated rings. The van der Waals surface area contributed by atoms with Gasteiger partial charge in [0, 0.05) is 5.69 Å². The molecule has 0 spiro atoms. The second kappa shape index (κ2) is 7.86. The largest absolute Gasteiger partial charge is 0.436 e. The maximum absolute atomic E-state index is 12.9. The van der Waals surface area contributed by atoms with Gasteiger partial charge in [0.1, 0.15) is 11.6 Å². The average molecular weight is 460 g/mol. The van der Waals surface area contributed by atoms with Crippen LogP contribution in [0.25, 0.3) is 16.7 Å². The van der Waals surface area contributed by atoms with E-state index in [1.54, 1.807) is 43.3 Å². The van der Waals surface area contributed by atoms with E-state index < -0.39 is 10.0 Å². The van der Waals surface area contributed by atoms with Crippen LogP contribution in [0.15, 0.2) is 71.6 Å². The summed E-state index contributed by atoms with van der Waals surface area (Å²) in [6.45, 7) is 5.50. The molecule has 0 aliphatic rings. The van der Waals surface area contributed by atoms with E-state index in [0.29, 0.717) is 28.5 Å². The van der Waals surface area contributed by atoms with Crippen molar-refractivity contribution in [1.82, 2.24) is 19.6 Å². The fourth-order valence-electron chi connectivity index (χ4n) is 3.67. The Kier molecular flexibility index (Phi) is 4.98. The van der Waals surface area contributed by atoms with Crippen molar-refractivity contribution in [3.63, 3.8) is 0 Å². The van der Waals surface area contributed by atoms with Crippen molar-refractivity contribution in [2.45, 2.75) is 25.7 Å². The molecule has 5 aromatic rings. The SMILES string of the molecule is Cc1ccc(C)c(S(=O)(=O)Nc2ccc(Oc3nc4ccccc4n4c(C)nnc34)cc2)c1. The van der Waals surface area contributed by atoms with Gasteiger partial charge in [-0.15, -0.1) is 10.2 Å². The molecule has 9 heteroatoms. The molecular weight excluding hydrogens is 438 g/mol. The molecule has 33 heavy (non-hydrogen) atoms. The molecule has 1 N–H and O–H groups in total. The minimum Gasteiger partial charge on any atom is -0.436 e. The van der Waals surface area contributed by atoms with Crippen LogP contribution in [0.3, 0.4) is 0 Å². The number of hydrogen-bond donors (Lipinski definition) is 1. The topological polar surface area (TPSA) is 98.5 Å². The fourth-order valence-corrected chi connectivity index (χ4v) is 5.06. The van der Waals surface area contributed by atoms with E-state index in [9.17, 15) is 8.42 Å². The molecule has 0 unspecified atom stereocenters. The van der Waals surface area contributed by atoms with Crippen molar-refractivity contribution in [2.75, 3.05) is 4.72 Å². The monoisotopic (exact) mass is 459 g/mol. The molecule has 0 amide bonds. The zero-order valence-electron chi connectivity index (χ0n) is 18.3. The number of para-hydroxylation sites is 2. The zero-order chi connectivity index (χ0) is 23.2. The van der Waals surface area contributed by atoms with Gasteiger partial charge >= 0.3 is 0 Å². The maximum atomic E-state index is 12.9. The second-order valence-corrected chi connectivity index (χ2v) is 9.46. The molecule has 0 bridgehead atoms. The molecular formula is C24H21N5O3S. The van der Waals surface area contributed by atoms with Crippen molar-refractivity contribution in [2.24, 2.45) is 0 Å². The first-order valence-corrected chi connectivity index (χ1v) is 11.8. The first-order valence-electron chi connectivity index (χ1n) is 10.3. The van der Waals surface area contributed by atoms with E-state index in [2.05, 4.69) is 19.9 Å². The molecule has 2 aromatic heterocycles. The van der Waals surface area contributed by atoms with Crippen molar-refractivity contribution >= 4 is 32.4 Å². The third-order valence-electron chi connectivity index (χ3n) is 5.31. The van der Waals surface area contributed by atoms with E-state index in [4.69, 9.17) is 4.74 Å². The number of aryl methyl sites for hydroxylation is 3. The lowest BCUT2D eigenvalue weighted by atomic mass is 10.2. The van der Waals surface area contributed by atoms with Crippen LogP contribution in [-0.4, -0.2) is 28.0 Å². The molecule has 2 heterocycles. The van der Waals surface area contributed by atoms with Crippen molar-refractivity contribution in [3.8, 4) is 11.6 Å². The van der Waals surface area contributed by atoms with Gasteiger partial charge in [-0.05, 0) is 74.4 Å². The van der Waals surface area contributed by atoms with Crippen LogP contribution in [-0.2, 0) is 10.0 Å². The lowest BCUT2D eigenvalue weighted by Crippen LogP contribution is -2.14. The molecule has 0 aliphatic heterocycles. The summed E-state index contributed by atoms with van der Waals surface area (Å²) in [6.07, 6.45) is 0. The summed E-state index contributed by atoms with van der Waals surface area (Å²) in [6, 6.07) is 19.7. The number of hydrogen-bond acceptors (Lipinski definition) is 6. The molecule has 0 atom stereocenters. The Balaban J connectivity index is 1.44. The highest BCUT2D eigenvalue weighted by atomic mass is 32.2. The summed E-state index contributed by atoms with van der Waals surface area (Å²) in [7, 11) is -3.71. The Labute approximate surface area is 190 Å². The average Bonchev–Trinajstić information content (AvgIpc) is 3.19. The molecule has 3 aromatic carbocycles. The van der Waals surface area contributed by atoms with Crippen LogP contribution in [0.4, 0.5) is 5.69 Å². The molecule has 0 aliphatic carbocycles. The summed E-state index contributed by atoms with van der Waals surface area (Å²) >= 11 is 0. The van der Waals surface area contributed by atoms with Crippen LogP contribution in [0.5, 0.6) is 11.6 Å². The van der Waals surface area contributed by atoms with Gasteiger partial charge < -0.3 is 4.74 Å². The highest BCUT2D eigenvalue weighted by Crippen LogP contribution is 2.29. The van der Waals surface area contributed by atoms with Crippen LogP contribution < -0.4 is 9.46 Å². The normalized spacial score (nSPS) is 11.7. The molecule has 0 saturated heterocycles. The number of sulfonamides is 1. The summed E-state index contributed by atoms with van der Waals surface area (Å²) in [5.74, 6) is 1.54. The number of nitrogens with zero attached hydrogens (tertiary/aromatic N) is 4. The van der Waals surface area contributed by atoms with E-state index in [-0.39, 0.29) is 4.90 Å². The first kappa shape index (κ1) is 20.9. The van der Waals surface area contributed by atoms with Crippen LogP contribution >= 0.6 is 0 Å². The quantitative estimate of drug-likeness (QED) is 0.406. The Morgan fingerprint density at radius 2 is 1.67 bits per heavy atom. The first-order chi connectivity index (χ1) is 15.8. The van der Waals surface area contributed by atoms with Gasteiger partial charge in [-0.3, -0.25) is 9.12 Å². The fraction of sp³-hybridized carbons (Fsp3) is 0.125. The van der Waals surface area contributed by atoms with Gasteiger partial charge in [-0.25, -0.2) is 13.4 Å². The number of anilines is 1. The van der Waals surface area contributed by atoms with Gasteiger partial charge in [0.15, 0.2) is 0 Å². The molecule has 0 saturated carbocycles. The molecule has 0 radical (unpaired) electrons. The number of benzene rings is 3. The van der Waals surface area contributed by atoms with Crippen LogP contribution in [0.2, 0.25) is 0 Å². The summed E-state index contributed by atoms with van der Waals surface area (Å²) in [4.78, 5) is 4.85. The van der Waals surface area contributed by atoms with Gasteiger partial charge in [-0.1, -0.05) is 24.3 Å². The number of aromatic nitrogens is 4. The third kappa shape index (κ3) is 3.87. The van der Waals surface area contributed by atoms with Gasteiger partial charge in [0.25, 0.3) is 15.9 Å². The van der Waals surface area contributed by atoms with Crippen LogP contribution in [0, 0.1) is 20.8 Å². The van der Waals surface area contributed by atoms with Crippen molar-refractivity contribution in [1.29, 1.82) is 0 Å². The summed E-state index contributed by atoms with van der Waals surface area (Å²) < 4.78 is 36.2. The standard InChI is InChI=1S/C24H21N5O3S/c1-15-8-9-16(2)22(14-15)33(30,31)28-18-10-12-19(13-11-18)32-24-23-27-26-17(3)29(23)21-7-5-4-6-20(21)25-24/h4-14,28H,1-3H3. The number of nitrogens with one attached hydrogen (secondary N) is 1. The van der Waals surface area contributed by atoms with Gasteiger partial charge in [0.05, 0.1) is 15.9 Å². The molecule has 8 nitrogen and oxygen atoms in total. The lowest BCUT2D eigenvalue weighted by Gasteiger charge is -2.12. The van der Waals surface area contributed by atoms with Crippen molar-refractivity contribution in [3.05, 3.63) is 83.7 Å². The lowest BCUT2D eigenvalue weighted by molar-refractivity contribution is 0.467. The van der Waals surface area contributed by atoms with E-state index in [1.165, 1.54) is 0 Å². The van der Waals surface area contributed by atoms with Gasteiger partial charge in [-0.2, -0.15) is 0 Å². The third-order valence-corrected chi connectivity index (χ3v) is 6.84. The zero-order valence-corrected chi connectivity index (χ0v) is 19.1. The smallest absolute Gasteiger partial charge is 0.266 e. The van der Waals surface area contributed by atoms with E-state index in [0.717, 1.165) is 22.4 Å². The highest BCUT2D eigenvalue weighted by Gasteiger charge is 2.18. The summed E-state index contributed by atoms with van der Waals surface area (Å²) in [5.41, 5.74) is 4.13. The Hall–Kier alpha value is -3.98. The summed E-state index contributed by atoms with van der Waals surface area (Å²) in [5, 5.41) is 8.37. The minimum atomic E-state index is -3.71. The maximum Gasteiger partial charge on any atom is 0.266 e. The van der Waals surface area contributed by atoms with Crippen LogP contribution in [0.1, 0.15) is 17.0 Å². The highest BCUT2D eigenvalue weighted by molar-refractivity contribution is 7.92.